The quantitative estimate of drug-likeness (QED) is 0.355. The predicted octanol–water partition coefficient (Wildman–Crippen LogP) is 5.01. The van der Waals surface area contributed by atoms with E-state index < -0.39 is 29.7 Å². The average Bonchev–Trinajstić information content (AvgIpc) is 3.22. The number of hydrogen-bond donors (Lipinski definition) is 2. The molecule has 0 saturated heterocycles. The maximum absolute atomic E-state index is 12.8. The Bertz CT molecular complexity index is 1370. The lowest BCUT2D eigenvalue weighted by Gasteiger charge is -2.23. The molecule has 2 aliphatic rings. The second kappa shape index (κ2) is 12.0. The van der Waals surface area contributed by atoms with Gasteiger partial charge in [0, 0.05) is 25.6 Å². The van der Waals surface area contributed by atoms with Crippen molar-refractivity contribution in [2.24, 2.45) is 4.99 Å². The van der Waals surface area contributed by atoms with E-state index in [-0.39, 0.29) is 24.6 Å². The van der Waals surface area contributed by atoms with Crippen LogP contribution in [0.2, 0.25) is 0 Å². The first-order chi connectivity index (χ1) is 19.0. The van der Waals surface area contributed by atoms with E-state index >= 15 is 0 Å². The number of carbonyl (C=O) groups excluding carboxylic acids is 2. The van der Waals surface area contributed by atoms with Crippen molar-refractivity contribution < 1.29 is 29.0 Å². The summed E-state index contributed by atoms with van der Waals surface area (Å²) in [7, 11) is 1.77. The van der Waals surface area contributed by atoms with E-state index in [1.165, 1.54) is 0 Å². The van der Waals surface area contributed by atoms with Crippen LogP contribution in [0.1, 0.15) is 44.2 Å². The van der Waals surface area contributed by atoms with Crippen molar-refractivity contribution in [2.45, 2.75) is 44.8 Å². The Morgan fingerprint density at radius 3 is 2.25 bits per heavy atom. The Morgan fingerprint density at radius 2 is 1.68 bits per heavy atom. The number of aliphatic carboxylic acids is 1. The first kappa shape index (κ1) is 28.4. The van der Waals surface area contributed by atoms with Crippen LogP contribution in [0.4, 0.5) is 4.79 Å². The number of carbonyl (C=O) groups is 3. The van der Waals surface area contributed by atoms with Crippen LogP contribution in [0, 0.1) is 0 Å². The second-order valence-electron chi connectivity index (χ2n) is 10.5. The molecule has 2 aromatic rings. The monoisotopic (exact) mass is 543 g/mol. The Labute approximate surface area is 233 Å². The highest BCUT2D eigenvalue weighted by Gasteiger charge is 2.30. The Morgan fingerprint density at radius 1 is 1.05 bits per heavy atom. The van der Waals surface area contributed by atoms with Gasteiger partial charge in [0.2, 0.25) is 0 Å². The number of carboxylic acid groups (broad SMARTS) is 1. The van der Waals surface area contributed by atoms with Crippen LogP contribution in [0.15, 0.2) is 89.3 Å². The number of esters is 1. The molecular formula is C31H33N3O6. The lowest BCUT2D eigenvalue weighted by Crippen LogP contribution is -2.42. The molecule has 1 aliphatic carbocycles. The summed E-state index contributed by atoms with van der Waals surface area (Å²) in [4.78, 5) is 43.3. The van der Waals surface area contributed by atoms with Crippen LogP contribution in [0.3, 0.4) is 0 Å². The third-order valence-electron chi connectivity index (χ3n) is 6.41. The van der Waals surface area contributed by atoms with Crippen LogP contribution >= 0.6 is 0 Å². The summed E-state index contributed by atoms with van der Waals surface area (Å²) in [5.41, 5.74) is 4.42. The fourth-order valence-electron chi connectivity index (χ4n) is 4.68. The molecule has 4 rings (SSSR count). The molecule has 0 unspecified atom stereocenters. The van der Waals surface area contributed by atoms with Crippen molar-refractivity contribution in [3.63, 3.8) is 0 Å². The normalized spacial score (nSPS) is 16.4. The number of amides is 1. The summed E-state index contributed by atoms with van der Waals surface area (Å²) in [5, 5.41) is 12.4. The van der Waals surface area contributed by atoms with Gasteiger partial charge >= 0.3 is 18.0 Å². The van der Waals surface area contributed by atoms with Gasteiger partial charge in [0.25, 0.3) is 0 Å². The Balaban J connectivity index is 1.48. The number of carboxylic acids is 1. The Hall–Kier alpha value is -4.66. The minimum atomic E-state index is -1.36. The molecular weight excluding hydrogens is 510 g/mol. The molecule has 1 amide bonds. The number of rotatable bonds is 8. The number of allylic oxidation sites excluding steroid dienone is 3. The van der Waals surface area contributed by atoms with Crippen molar-refractivity contribution in [2.75, 3.05) is 13.7 Å². The minimum absolute atomic E-state index is 0.0488. The van der Waals surface area contributed by atoms with Crippen LogP contribution in [-0.4, -0.2) is 59.6 Å². The highest BCUT2D eigenvalue weighted by molar-refractivity contribution is 6.23. The SMILES string of the molecule is CN1C=CC=C/C1=C(\C[C@H](NC(=O)OCC1c2ccccc2-c2ccccc21)C(=O)O)N=CC(=O)OC(C)(C)C. The third-order valence-corrected chi connectivity index (χ3v) is 6.41. The summed E-state index contributed by atoms with van der Waals surface area (Å²) in [6.07, 6.45) is 7.05. The Kier molecular flexibility index (Phi) is 8.52. The summed E-state index contributed by atoms with van der Waals surface area (Å²) < 4.78 is 10.8. The second-order valence-corrected chi connectivity index (χ2v) is 10.5. The average molecular weight is 544 g/mol. The van der Waals surface area contributed by atoms with E-state index in [9.17, 15) is 19.5 Å². The van der Waals surface area contributed by atoms with Gasteiger partial charge in [-0.3, -0.25) is 4.99 Å². The van der Waals surface area contributed by atoms with Gasteiger partial charge < -0.3 is 24.8 Å². The van der Waals surface area contributed by atoms with E-state index in [1.54, 1.807) is 51.1 Å². The zero-order valence-electron chi connectivity index (χ0n) is 23.0. The molecule has 0 spiro atoms. The van der Waals surface area contributed by atoms with E-state index in [2.05, 4.69) is 10.3 Å². The highest BCUT2D eigenvalue weighted by atomic mass is 16.6. The van der Waals surface area contributed by atoms with Crippen LogP contribution in [0.25, 0.3) is 11.1 Å². The van der Waals surface area contributed by atoms with Gasteiger partial charge in [-0.25, -0.2) is 14.4 Å². The lowest BCUT2D eigenvalue weighted by atomic mass is 9.98. The molecule has 9 nitrogen and oxygen atoms in total. The maximum atomic E-state index is 12.8. The van der Waals surface area contributed by atoms with Crippen LogP contribution < -0.4 is 5.32 Å². The maximum Gasteiger partial charge on any atom is 0.407 e. The largest absolute Gasteiger partial charge is 0.480 e. The third kappa shape index (κ3) is 6.85. The highest BCUT2D eigenvalue weighted by Crippen LogP contribution is 2.44. The smallest absolute Gasteiger partial charge is 0.407 e. The molecule has 0 bridgehead atoms. The summed E-state index contributed by atoms with van der Waals surface area (Å²) >= 11 is 0. The summed E-state index contributed by atoms with van der Waals surface area (Å²) in [5.74, 6) is -2.10. The molecule has 0 radical (unpaired) electrons. The van der Waals surface area contributed by atoms with Gasteiger partial charge in [-0.2, -0.15) is 0 Å². The van der Waals surface area contributed by atoms with E-state index in [1.807, 2.05) is 54.6 Å². The van der Waals surface area contributed by atoms with E-state index in [0.29, 0.717) is 5.70 Å². The molecule has 208 valence electrons. The van der Waals surface area contributed by atoms with Crippen LogP contribution in [-0.2, 0) is 19.1 Å². The predicted molar refractivity (Wildman–Crippen MR) is 152 cm³/mol. The fraction of sp³-hybridized carbons (Fsp3) is 0.290. The molecule has 2 N–H and O–H groups in total. The minimum Gasteiger partial charge on any atom is -0.480 e. The first-order valence-corrected chi connectivity index (χ1v) is 13.0. The molecule has 40 heavy (non-hydrogen) atoms. The number of benzene rings is 2. The number of likely N-dealkylation sites (N-methyl/N-ethyl adjacent to an activating group) is 1. The van der Waals surface area contributed by atoms with Gasteiger partial charge in [-0.15, -0.1) is 0 Å². The number of hydrogen-bond acceptors (Lipinski definition) is 7. The van der Waals surface area contributed by atoms with Crippen molar-refractivity contribution in [3.8, 4) is 11.1 Å². The molecule has 0 fully saturated rings. The number of nitrogens with one attached hydrogen (secondary N) is 1. The first-order valence-electron chi connectivity index (χ1n) is 13.0. The van der Waals surface area contributed by atoms with Gasteiger partial charge in [0.05, 0.1) is 11.4 Å². The lowest BCUT2D eigenvalue weighted by molar-refractivity contribution is -0.145. The van der Waals surface area contributed by atoms with Crippen molar-refractivity contribution in [1.29, 1.82) is 0 Å². The molecule has 1 aliphatic heterocycles. The number of aliphatic imine (C=N–C) groups is 1. The summed E-state index contributed by atoms with van der Waals surface area (Å²) in [6.45, 7) is 5.26. The van der Waals surface area contributed by atoms with Crippen LogP contribution in [0.5, 0.6) is 0 Å². The molecule has 1 heterocycles. The van der Waals surface area contributed by atoms with Gasteiger partial charge in [-0.05, 0) is 55.2 Å². The van der Waals surface area contributed by atoms with E-state index in [0.717, 1.165) is 28.5 Å². The molecule has 2 aromatic carbocycles. The number of nitrogens with zero attached hydrogens (tertiary/aromatic N) is 2. The standard InChI is InChI=1S/C31H33N3O6/c1-31(2,3)40-28(35)18-32-25(27-15-9-10-16-34(27)4)17-26(29(36)37)33-30(38)39-19-24-22-13-7-5-11-20(22)21-12-6-8-14-23(21)24/h5-16,18,24,26H,17,19H2,1-4H3,(H,33,38)(H,36,37)/b27-25-,32-18?/t26-/m0/s1. The van der Waals surface area contributed by atoms with E-state index in [4.69, 9.17) is 9.47 Å². The molecule has 9 heteroatoms. The summed E-state index contributed by atoms with van der Waals surface area (Å²) in [6, 6.07) is 14.5. The molecule has 0 aromatic heterocycles. The van der Waals surface area contributed by atoms with Crippen molar-refractivity contribution in [3.05, 3.63) is 95.5 Å². The van der Waals surface area contributed by atoms with Gasteiger partial charge in [0.15, 0.2) is 0 Å². The van der Waals surface area contributed by atoms with Crippen molar-refractivity contribution in [1.82, 2.24) is 10.2 Å². The number of alkyl carbamates (subject to hydrolysis) is 1. The fourth-order valence-corrected chi connectivity index (χ4v) is 4.68. The number of ether oxygens (including phenoxy) is 2. The molecule has 0 saturated carbocycles. The molecule has 1 atom stereocenters. The van der Waals surface area contributed by atoms with Gasteiger partial charge in [-0.1, -0.05) is 54.6 Å². The van der Waals surface area contributed by atoms with Gasteiger partial charge in [0.1, 0.15) is 24.5 Å². The number of fused-ring (bicyclic) bond motifs is 3. The zero-order valence-corrected chi connectivity index (χ0v) is 23.0. The zero-order chi connectivity index (χ0) is 28.9. The topological polar surface area (TPSA) is 118 Å². The van der Waals surface area contributed by atoms with Crippen molar-refractivity contribution >= 4 is 24.2 Å².